The number of amides is 2. The lowest BCUT2D eigenvalue weighted by molar-refractivity contribution is -0.136. The molecule has 1 aliphatic heterocycles. The molecule has 1 aliphatic carbocycles. The molecule has 0 bridgehead atoms. The molecular weight excluding hydrogens is 378 g/mol. The zero-order valence-electron chi connectivity index (χ0n) is 18.1. The van der Waals surface area contributed by atoms with Crippen molar-refractivity contribution < 1.29 is 14.3 Å². The molecule has 2 atom stereocenters. The molecule has 0 radical (unpaired) electrons. The van der Waals surface area contributed by atoms with Crippen molar-refractivity contribution in [3.63, 3.8) is 0 Å². The second-order valence-electron chi connectivity index (χ2n) is 8.93. The molecule has 2 fully saturated rings. The van der Waals surface area contributed by atoms with Gasteiger partial charge in [-0.1, -0.05) is 62.4 Å². The Morgan fingerprint density at radius 2 is 1.80 bits per heavy atom. The van der Waals surface area contributed by atoms with Gasteiger partial charge in [-0.2, -0.15) is 0 Å². The van der Waals surface area contributed by atoms with Crippen molar-refractivity contribution in [3.05, 3.63) is 35.9 Å². The van der Waals surface area contributed by atoms with E-state index in [1.54, 1.807) is 0 Å². The Morgan fingerprint density at radius 3 is 2.53 bits per heavy atom. The number of rotatable bonds is 10. The molecule has 6 nitrogen and oxygen atoms in total. The first-order valence-electron chi connectivity index (χ1n) is 11.5. The summed E-state index contributed by atoms with van der Waals surface area (Å²) in [7, 11) is 0. The number of piperidine rings is 1. The van der Waals surface area contributed by atoms with E-state index in [1.807, 2.05) is 23.1 Å². The van der Waals surface area contributed by atoms with Crippen molar-refractivity contribution in [2.75, 3.05) is 26.2 Å². The van der Waals surface area contributed by atoms with Crippen LogP contribution in [0.3, 0.4) is 0 Å². The van der Waals surface area contributed by atoms with Crippen LogP contribution >= 0.6 is 0 Å². The van der Waals surface area contributed by atoms with Crippen molar-refractivity contribution >= 4 is 11.8 Å². The maximum absolute atomic E-state index is 13.3. The maximum atomic E-state index is 13.3. The number of hydrogen-bond donors (Lipinski definition) is 2. The van der Waals surface area contributed by atoms with Crippen molar-refractivity contribution in [1.29, 1.82) is 0 Å². The van der Waals surface area contributed by atoms with E-state index in [0.717, 1.165) is 32.4 Å². The molecule has 1 aromatic carbocycles. The topological polar surface area (TPSA) is 84.7 Å². The normalized spacial score (nSPS) is 21.3. The molecule has 1 saturated heterocycles. The highest BCUT2D eigenvalue weighted by atomic mass is 16.5. The average molecular weight is 416 g/mol. The Kier molecular flexibility index (Phi) is 9.15. The lowest BCUT2D eigenvalue weighted by Crippen LogP contribution is -2.52. The van der Waals surface area contributed by atoms with Crippen LogP contribution < -0.4 is 11.1 Å². The Hall–Kier alpha value is -1.92. The Morgan fingerprint density at radius 1 is 1.07 bits per heavy atom. The third-order valence-electron chi connectivity index (χ3n) is 6.41. The van der Waals surface area contributed by atoms with Gasteiger partial charge in [-0.25, -0.2) is 0 Å². The van der Waals surface area contributed by atoms with E-state index in [4.69, 9.17) is 10.5 Å². The molecular formula is C24H37N3O3. The first-order valence-corrected chi connectivity index (χ1v) is 11.5. The van der Waals surface area contributed by atoms with Gasteiger partial charge in [0.1, 0.15) is 0 Å². The SMILES string of the molecule is NC(=O)CN[C@H](CC1CCCCC1)C(=O)N1CCCC(COCc2ccccc2)C1. The van der Waals surface area contributed by atoms with Crippen LogP contribution in [0.25, 0.3) is 0 Å². The van der Waals surface area contributed by atoms with E-state index in [0.29, 0.717) is 25.0 Å². The number of benzene rings is 1. The van der Waals surface area contributed by atoms with E-state index in [-0.39, 0.29) is 18.5 Å². The van der Waals surface area contributed by atoms with Crippen LogP contribution in [-0.2, 0) is 20.9 Å². The molecule has 2 amide bonds. The molecule has 3 N–H and O–H groups in total. The molecule has 2 aliphatic rings. The maximum Gasteiger partial charge on any atom is 0.239 e. The van der Waals surface area contributed by atoms with Gasteiger partial charge >= 0.3 is 0 Å². The second-order valence-corrected chi connectivity index (χ2v) is 8.93. The number of carbonyl (C=O) groups excluding carboxylic acids is 2. The summed E-state index contributed by atoms with van der Waals surface area (Å²) in [5.74, 6) is 0.623. The summed E-state index contributed by atoms with van der Waals surface area (Å²) in [5, 5.41) is 3.15. The van der Waals surface area contributed by atoms with Gasteiger partial charge in [0, 0.05) is 13.1 Å². The predicted molar refractivity (Wildman–Crippen MR) is 118 cm³/mol. The summed E-state index contributed by atoms with van der Waals surface area (Å²) >= 11 is 0. The van der Waals surface area contributed by atoms with Gasteiger partial charge in [-0.15, -0.1) is 0 Å². The number of carbonyl (C=O) groups is 2. The molecule has 0 aromatic heterocycles. The summed E-state index contributed by atoms with van der Waals surface area (Å²) in [6.07, 6.45) is 9.02. The molecule has 1 aromatic rings. The third-order valence-corrected chi connectivity index (χ3v) is 6.41. The van der Waals surface area contributed by atoms with Crippen molar-refractivity contribution in [3.8, 4) is 0 Å². The first kappa shape index (κ1) is 22.8. The second kappa shape index (κ2) is 12.1. The highest BCUT2D eigenvalue weighted by Crippen LogP contribution is 2.28. The summed E-state index contributed by atoms with van der Waals surface area (Å²) in [6.45, 7) is 2.84. The predicted octanol–water partition coefficient (Wildman–Crippen LogP) is 2.86. The fraction of sp³-hybridized carbons (Fsp3) is 0.667. The quantitative estimate of drug-likeness (QED) is 0.615. The summed E-state index contributed by atoms with van der Waals surface area (Å²) in [4.78, 5) is 26.6. The monoisotopic (exact) mass is 415 g/mol. The van der Waals surface area contributed by atoms with Crippen LogP contribution in [0, 0.1) is 11.8 Å². The number of primary amides is 1. The number of nitrogens with one attached hydrogen (secondary N) is 1. The van der Waals surface area contributed by atoms with Crippen molar-refractivity contribution in [2.24, 2.45) is 17.6 Å². The van der Waals surface area contributed by atoms with Crippen molar-refractivity contribution in [2.45, 2.75) is 64.0 Å². The summed E-state index contributed by atoms with van der Waals surface area (Å²) in [5.41, 5.74) is 6.51. The zero-order valence-corrected chi connectivity index (χ0v) is 18.1. The first-order chi connectivity index (χ1) is 14.6. The molecule has 6 heteroatoms. The Balaban J connectivity index is 1.51. The number of likely N-dealkylation sites (tertiary alicyclic amines) is 1. The number of hydrogen-bond acceptors (Lipinski definition) is 4. The highest BCUT2D eigenvalue weighted by Gasteiger charge is 2.31. The fourth-order valence-corrected chi connectivity index (χ4v) is 4.79. The van der Waals surface area contributed by atoms with Gasteiger partial charge in [0.2, 0.25) is 11.8 Å². The minimum absolute atomic E-state index is 0.0561. The molecule has 1 heterocycles. The van der Waals surface area contributed by atoms with E-state index >= 15 is 0 Å². The largest absolute Gasteiger partial charge is 0.376 e. The number of nitrogens with zero attached hydrogens (tertiary/aromatic N) is 1. The minimum Gasteiger partial charge on any atom is -0.376 e. The van der Waals surface area contributed by atoms with E-state index in [9.17, 15) is 9.59 Å². The molecule has 166 valence electrons. The van der Waals surface area contributed by atoms with Gasteiger partial charge in [-0.3, -0.25) is 14.9 Å². The van der Waals surface area contributed by atoms with E-state index in [2.05, 4.69) is 17.4 Å². The van der Waals surface area contributed by atoms with Crippen molar-refractivity contribution in [1.82, 2.24) is 10.2 Å². The molecule has 3 rings (SSSR count). The van der Waals surface area contributed by atoms with Crippen LogP contribution in [0.1, 0.15) is 56.9 Å². The van der Waals surface area contributed by atoms with Gasteiger partial charge in [0.15, 0.2) is 0 Å². The molecule has 1 unspecified atom stereocenters. The van der Waals surface area contributed by atoms with Gasteiger partial charge in [0.25, 0.3) is 0 Å². The standard InChI is InChI=1S/C24H37N3O3/c25-23(28)15-26-22(14-19-8-3-1-4-9-19)24(29)27-13-7-12-21(16-27)18-30-17-20-10-5-2-6-11-20/h2,5-6,10-11,19,21-22,26H,1,3-4,7-9,12-18H2,(H2,25,28)/t21?,22-/m1/s1. The van der Waals surface area contributed by atoms with Crippen LogP contribution in [0.15, 0.2) is 30.3 Å². The lowest BCUT2D eigenvalue weighted by Gasteiger charge is -2.36. The molecule has 0 spiro atoms. The third kappa shape index (κ3) is 7.40. The van der Waals surface area contributed by atoms with Crippen LogP contribution in [-0.4, -0.2) is 49.0 Å². The Labute approximate surface area is 180 Å². The van der Waals surface area contributed by atoms with Gasteiger partial charge < -0.3 is 15.4 Å². The summed E-state index contributed by atoms with van der Waals surface area (Å²) < 4.78 is 5.93. The fourth-order valence-electron chi connectivity index (χ4n) is 4.79. The van der Waals surface area contributed by atoms with Crippen LogP contribution in [0.4, 0.5) is 0 Å². The molecule has 30 heavy (non-hydrogen) atoms. The molecule has 1 saturated carbocycles. The van der Waals surface area contributed by atoms with Gasteiger partial charge in [-0.05, 0) is 36.7 Å². The number of ether oxygens (including phenoxy) is 1. The lowest BCUT2D eigenvalue weighted by atomic mass is 9.84. The van der Waals surface area contributed by atoms with E-state index in [1.165, 1.54) is 37.7 Å². The smallest absolute Gasteiger partial charge is 0.239 e. The average Bonchev–Trinajstić information content (AvgIpc) is 2.78. The van der Waals surface area contributed by atoms with Crippen LogP contribution in [0.5, 0.6) is 0 Å². The Bertz CT molecular complexity index is 661. The number of nitrogens with two attached hydrogens (primary N) is 1. The zero-order chi connectivity index (χ0) is 21.2. The van der Waals surface area contributed by atoms with Crippen LogP contribution in [0.2, 0.25) is 0 Å². The minimum atomic E-state index is -0.415. The highest BCUT2D eigenvalue weighted by molar-refractivity contribution is 5.83. The van der Waals surface area contributed by atoms with E-state index < -0.39 is 5.91 Å². The van der Waals surface area contributed by atoms with Gasteiger partial charge in [0.05, 0.1) is 25.8 Å². The summed E-state index contributed by atoms with van der Waals surface area (Å²) in [6, 6.07) is 9.86.